The van der Waals surface area contributed by atoms with E-state index in [1.165, 1.54) is 0 Å². The van der Waals surface area contributed by atoms with Crippen LogP contribution in [0.25, 0.3) is 0 Å². The first-order valence-electron chi connectivity index (χ1n) is 7.34. The molecule has 23 heavy (non-hydrogen) atoms. The van der Waals surface area contributed by atoms with Crippen LogP contribution >= 0.6 is 11.8 Å². The normalized spacial score (nSPS) is 20.0. The van der Waals surface area contributed by atoms with Gasteiger partial charge in [0.25, 0.3) is 0 Å². The highest BCUT2D eigenvalue weighted by atomic mass is 32.2. The molecular formula is C18H16O4S. The molecule has 118 valence electrons. The standard InChI is InChI=1S/C18H16O4S/c19-17(13-7-3-1-4-8-13)21-15-11-23-12-16(15)22-18(20)14-9-5-2-6-10-14/h1-10,15-16H,11-12H2. The molecule has 0 aliphatic carbocycles. The lowest BCUT2D eigenvalue weighted by atomic mass is 10.2. The second kappa shape index (κ2) is 7.33. The van der Waals surface area contributed by atoms with Crippen molar-refractivity contribution in [1.82, 2.24) is 0 Å². The Morgan fingerprint density at radius 2 is 1.13 bits per heavy atom. The Hall–Kier alpha value is -2.27. The summed E-state index contributed by atoms with van der Waals surface area (Å²) in [7, 11) is 0. The Morgan fingerprint density at radius 1 is 0.739 bits per heavy atom. The van der Waals surface area contributed by atoms with Gasteiger partial charge in [0.05, 0.1) is 11.1 Å². The second-order valence-electron chi connectivity index (χ2n) is 5.16. The van der Waals surface area contributed by atoms with Gasteiger partial charge in [-0.3, -0.25) is 0 Å². The summed E-state index contributed by atoms with van der Waals surface area (Å²) in [6.45, 7) is 0. The molecule has 0 N–H and O–H groups in total. The van der Waals surface area contributed by atoms with Crippen LogP contribution in [0.3, 0.4) is 0 Å². The molecule has 1 aliphatic rings. The van der Waals surface area contributed by atoms with Gasteiger partial charge in [-0.2, -0.15) is 11.8 Å². The molecular weight excluding hydrogens is 312 g/mol. The molecule has 0 bridgehead atoms. The van der Waals surface area contributed by atoms with Crippen molar-refractivity contribution < 1.29 is 19.1 Å². The van der Waals surface area contributed by atoms with E-state index in [1.54, 1.807) is 60.3 Å². The maximum absolute atomic E-state index is 12.1. The molecule has 1 aliphatic heterocycles. The van der Waals surface area contributed by atoms with Crippen molar-refractivity contribution in [2.45, 2.75) is 12.2 Å². The van der Waals surface area contributed by atoms with E-state index in [1.807, 2.05) is 12.1 Å². The van der Waals surface area contributed by atoms with E-state index in [-0.39, 0.29) is 11.9 Å². The molecule has 0 aromatic heterocycles. The molecule has 1 heterocycles. The van der Waals surface area contributed by atoms with E-state index >= 15 is 0 Å². The van der Waals surface area contributed by atoms with Crippen LogP contribution in [-0.4, -0.2) is 35.7 Å². The van der Waals surface area contributed by atoms with Gasteiger partial charge in [-0.25, -0.2) is 9.59 Å². The Kier molecular flexibility index (Phi) is 4.98. The van der Waals surface area contributed by atoms with E-state index in [2.05, 4.69) is 0 Å². The third-order valence-electron chi connectivity index (χ3n) is 3.51. The first kappa shape index (κ1) is 15.6. The van der Waals surface area contributed by atoms with Crippen molar-refractivity contribution in [3.63, 3.8) is 0 Å². The van der Waals surface area contributed by atoms with Crippen LogP contribution in [0.4, 0.5) is 0 Å². The molecule has 1 fully saturated rings. The van der Waals surface area contributed by atoms with Gasteiger partial charge in [-0.15, -0.1) is 0 Å². The first-order valence-corrected chi connectivity index (χ1v) is 8.49. The molecule has 0 spiro atoms. The van der Waals surface area contributed by atoms with E-state index in [0.717, 1.165) is 0 Å². The third-order valence-corrected chi connectivity index (χ3v) is 4.64. The summed E-state index contributed by atoms with van der Waals surface area (Å²) in [6.07, 6.45) is -0.833. The smallest absolute Gasteiger partial charge is 0.338 e. The van der Waals surface area contributed by atoms with Crippen LogP contribution in [0.15, 0.2) is 60.7 Å². The van der Waals surface area contributed by atoms with E-state index < -0.39 is 12.2 Å². The first-order chi connectivity index (χ1) is 11.2. The van der Waals surface area contributed by atoms with Gasteiger partial charge in [-0.05, 0) is 24.3 Å². The summed E-state index contributed by atoms with van der Waals surface area (Å²) in [4.78, 5) is 24.3. The molecule has 0 saturated carbocycles. The second-order valence-corrected chi connectivity index (χ2v) is 6.23. The van der Waals surface area contributed by atoms with Gasteiger partial charge in [0.1, 0.15) is 12.2 Å². The predicted molar refractivity (Wildman–Crippen MR) is 88.6 cm³/mol. The fraction of sp³-hybridized carbons (Fsp3) is 0.222. The van der Waals surface area contributed by atoms with Gasteiger partial charge >= 0.3 is 11.9 Å². The topological polar surface area (TPSA) is 52.6 Å². The van der Waals surface area contributed by atoms with Gasteiger partial charge in [0.15, 0.2) is 0 Å². The van der Waals surface area contributed by atoms with Crippen molar-refractivity contribution in [2.75, 3.05) is 11.5 Å². The maximum atomic E-state index is 12.1. The number of hydrogen-bond acceptors (Lipinski definition) is 5. The van der Waals surface area contributed by atoms with E-state index in [4.69, 9.17) is 9.47 Å². The molecule has 2 unspecified atom stereocenters. The Balaban J connectivity index is 1.62. The summed E-state index contributed by atoms with van der Waals surface area (Å²) >= 11 is 1.61. The number of ether oxygens (including phenoxy) is 2. The largest absolute Gasteiger partial charge is 0.454 e. The molecule has 5 heteroatoms. The SMILES string of the molecule is O=C(OC1CSCC1OC(=O)c1ccccc1)c1ccccc1. The Bertz CT molecular complexity index is 612. The quantitative estimate of drug-likeness (QED) is 0.807. The number of thioether (sulfide) groups is 1. The fourth-order valence-electron chi connectivity index (χ4n) is 2.29. The van der Waals surface area contributed by atoms with Crippen molar-refractivity contribution in [1.29, 1.82) is 0 Å². The summed E-state index contributed by atoms with van der Waals surface area (Å²) in [5.41, 5.74) is 0.995. The highest BCUT2D eigenvalue weighted by Gasteiger charge is 2.34. The van der Waals surface area contributed by atoms with Crippen molar-refractivity contribution in [2.24, 2.45) is 0 Å². The predicted octanol–water partition coefficient (Wildman–Crippen LogP) is 3.18. The average molecular weight is 328 g/mol. The zero-order valence-electron chi connectivity index (χ0n) is 12.4. The molecule has 2 aromatic carbocycles. The molecule has 1 saturated heterocycles. The van der Waals surface area contributed by atoms with Crippen LogP contribution in [0, 0.1) is 0 Å². The zero-order chi connectivity index (χ0) is 16.1. The summed E-state index contributed by atoms with van der Waals surface area (Å²) in [5, 5.41) is 0. The lowest BCUT2D eigenvalue weighted by Crippen LogP contribution is -2.34. The fourth-order valence-corrected chi connectivity index (χ4v) is 3.46. The van der Waals surface area contributed by atoms with Crippen molar-refractivity contribution in [3.8, 4) is 0 Å². The van der Waals surface area contributed by atoms with Gasteiger partial charge in [0.2, 0.25) is 0 Å². The van der Waals surface area contributed by atoms with E-state index in [9.17, 15) is 9.59 Å². The molecule has 2 aromatic rings. The highest BCUT2D eigenvalue weighted by molar-refractivity contribution is 7.99. The van der Waals surface area contributed by atoms with Gasteiger partial charge < -0.3 is 9.47 Å². The van der Waals surface area contributed by atoms with Crippen LogP contribution < -0.4 is 0 Å². The molecule has 4 nitrogen and oxygen atoms in total. The Morgan fingerprint density at radius 3 is 1.52 bits per heavy atom. The summed E-state index contributed by atoms with van der Waals surface area (Å²) < 4.78 is 11.0. The van der Waals surface area contributed by atoms with Crippen molar-refractivity contribution >= 4 is 23.7 Å². The van der Waals surface area contributed by atoms with Gasteiger partial charge in [0, 0.05) is 11.5 Å². The number of carbonyl (C=O) groups excluding carboxylic acids is 2. The summed E-state index contributed by atoms with van der Waals surface area (Å²) in [6, 6.07) is 17.6. The van der Waals surface area contributed by atoms with Crippen LogP contribution in [-0.2, 0) is 9.47 Å². The molecule has 0 amide bonds. The minimum Gasteiger partial charge on any atom is -0.454 e. The molecule has 3 rings (SSSR count). The van der Waals surface area contributed by atoms with Crippen LogP contribution in [0.2, 0.25) is 0 Å². The molecule has 0 radical (unpaired) electrons. The monoisotopic (exact) mass is 328 g/mol. The third kappa shape index (κ3) is 3.93. The lowest BCUT2D eigenvalue weighted by Gasteiger charge is -2.19. The number of hydrogen-bond donors (Lipinski definition) is 0. The minimum atomic E-state index is -0.416. The number of benzene rings is 2. The Labute approximate surface area is 138 Å². The maximum Gasteiger partial charge on any atom is 0.338 e. The van der Waals surface area contributed by atoms with Crippen molar-refractivity contribution in [3.05, 3.63) is 71.8 Å². The highest BCUT2D eigenvalue weighted by Crippen LogP contribution is 2.25. The van der Waals surface area contributed by atoms with Crippen LogP contribution in [0.5, 0.6) is 0 Å². The van der Waals surface area contributed by atoms with E-state index in [0.29, 0.717) is 22.6 Å². The van der Waals surface area contributed by atoms with Gasteiger partial charge in [-0.1, -0.05) is 36.4 Å². The molecule has 2 atom stereocenters. The van der Waals surface area contributed by atoms with Crippen LogP contribution in [0.1, 0.15) is 20.7 Å². The number of rotatable bonds is 4. The number of esters is 2. The zero-order valence-corrected chi connectivity index (χ0v) is 13.2. The average Bonchev–Trinajstić information content (AvgIpc) is 3.03. The number of carbonyl (C=O) groups is 2. The summed E-state index contributed by atoms with van der Waals surface area (Å²) in [5.74, 6) is 0.481. The lowest BCUT2D eigenvalue weighted by molar-refractivity contribution is -0.0176. The minimum absolute atomic E-state index is 0.390.